The Bertz CT molecular complexity index is 801. The molecule has 1 aromatic carbocycles. The SMILES string of the molecule is COc1ccc(CNc2ncnc3nc(N)[nH]c23)cc1OC. The highest BCUT2D eigenvalue weighted by atomic mass is 16.5. The van der Waals surface area contributed by atoms with Gasteiger partial charge in [0.15, 0.2) is 28.9 Å². The van der Waals surface area contributed by atoms with E-state index in [0.29, 0.717) is 41.0 Å². The zero-order valence-electron chi connectivity index (χ0n) is 12.3. The fourth-order valence-electron chi connectivity index (χ4n) is 2.16. The lowest BCUT2D eigenvalue weighted by atomic mass is 10.2. The van der Waals surface area contributed by atoms with E-state index in [1.807, 2.05) is 18.2 Å². The van der Waals surface area contributed by atoms with Crippen molar-refractivity contribution < 1.29 is 9.47 Å². The van der Waals surface area contributed by atoms with Crippen LogP contribution in [0.2, 0.25) is 0 Å². The van der Waals surface area contributed by atoms with Gasteiger partial charge in [-0.3, -0.25) is 0 Å². The van der Waals surface area contributed by atoms with Crippen LogP contribution in [0.25, 0.3) is 11.2 Å². The second-order valence-electron chi connectivity index (χ2n) is 4.59. The van der Waals surface area contributed by atoms with Crippen molar-refractivity contribution >= 4 is 22.9 Å². The molecule has 0 unspecified atom stereocenters. The van der Waals surface area contributed by atoms with E-state index >= 15 is 0 Å². The predicted molar refractivity (Wildman–Crippen MR) is 83.0 cm³/mol. The van der Waals surface area contributed by atoms with Crippen LogP contribution in [0.4, 0.5) is 11.8 Å². The Balaban J connectivity index is 1.82. The minimum absolute atomic E-state index is 0.310. The number of imidazole rings is 1. The number of nitrogen functional groups attached to an aromatic ring is 1. The van der Waals surface area contributed by atoms with Crippen LogP contribution in [0.15, 0.2) is 24.5 Å². The molecule has 8 heteroatoms. The van der Waals surface area contributed by atoms with Crippen molar-refractivity contribution in [1.82, 2.24) is 19.9 Å². The van der Waals surface area contributed by atoms with Crippen molar-refractivity contribution in [3.8, 4) is 11.5 Å². The number of methoxy groups -OCH3 is 2. The molecule has 3 aromatic rings. The summed E-state index contributed by atoms with van der Waals surface area (Å²) >= 11 is 0. The van der Waals surface area contributed by atoms with Crippen molar-refractivity contribution in [2.45, 2.75) is 6.54 Å². The fourth-order valence-corrected chi connectivity index (χ4v) is 2.16. The summed E-state index contributed by atoms with van der Waals surface area (Å²) in [5, 5.41) is 3.23. The molecule has 3 rings (SSSR count). The summed E-state index contributed by atoms with van der Waals surface area (Å²) in [6.45, 7) is 0.561. The Morgan fingerprint density at radius 2 is 2.00 bits per heavy atom. The second kappa shape index (κ2) is 5.76. The van der Waals surface area contributed by atoms with Gasteiger partial charge < -0.3 is 25.5 Å². The smallest absolute Gasteiger partial charge is 0.200 e. The normalized spacial score (nSPS) is 10.6. The molecule has 0 radical (unpaired) electrons. The molecule has 0 saturated carbocycles. The van der Waals surface area contributed by atoms with E-state index < -0.39 is 0 Å². The van der Waals surface area contributed by atoms with Gasteiger partial charge in [0.25, 0.3) is 0 Å². The maximum atomic E-state index is 5.64. The van der Waals surface area contributed by atoms with E-state index in [2.05, 4.69) is 25.3 Å². The molecular weight excluding hydrogens is 284 g/mol. The number of nitrogens with two attached hydrogens (primary N) is 1. The lowest BCUT2D eigenvalue weighted by molar-refractivity contribution is 0.354. The molecule has 0 saturated heterocycles. The van der Waals surface area contributed by atoms with E-state index in [4.69, 9.17) is 15.2 Å². The molecule has 114 valence electrons. The first kappa shape index (κ1) is 13.9. The van der Waals surface area contributed by atoms with Gasteiger partial charge in [-0.1, -0.05) is 6.07 Å². The number of rotatable bonds is 5. The van der Waals surface area contributed by atoms with Crippen LogP contribution < -0.4 is 20.5 Å². The minimum Gasteiger partial charge on any atom is -0.493 e. The van der Waals surface area contributed by atoms with Gasteiger partial charge >= 0.3 is 0 Å². The Morgan fingerprint density at radius 3 is 2.77 bits per heavy atom. The van der Waals surface area contributed by atoms with Crippen LogP contribution in [-0.2, 0) is 6.54 Å². The molecule has 0 fully saturated rings. The number of aromatic amines is 1. The number of ether oxygens (including phenoxy) is 2. The number of anilines is 2. The van der Waals surface area contributed by atoms with E-state index in [1.54, 1.807) is 14.2 Å². The van der Waals surface area contributed by atoms with Gasteiger partial charge in [0, 0.05) is 6.54 Å². The Morgan fingerprint density at radius 1 is 1.18 bits per heavy atom. The first-order valence-electron chi connectivity index (χ1n) is 6.62. The number of hydrogen-bond donors (Lipinski definition) is 3. The molecule has 0 spiro atoms. The van der Waals surface area contributed by atoms with Gasteiger partial charge in [-0.25, -0.2) is 9.97 Å². The molecule has 8 nitrogen and oxygen atoms in total. The first-order chi connectivity index (χ1) is 10.7. The summed E-state index contributed by atoms with van der Waals surface area (Å²) in [4.78, 5) is 15.3. The third kappa shape index (κ3) is 2.58. The Labute approximate surface area is 126 Å². The van der Waals surface area contributed by atoms with E-state index in [9.17, 15) is 0 Å². The Hall–Kier alpha value is -3.03. The van der Waals surface area contributed by atoms with Crippen molar-refractivity contribution in [3.05, 3.63) is 30.1 Å². The highest BCUT2D eigenvalue weighted by molar-refractivity contribution is 5.83. The van der Waals surface area contributed by atoms with Crippen molar-refractivity contribution in [2.24, 2.45) is 0 Å². The molecular formula is C14H16N6O2. The maximum absolute atomic E-state index is 5.64. The summed E-state index contributed by atoms with van der Waals surface area (Å²) in [7, 11) is 3.21. The lowest BCUT2D eigenvalue weighted by Crippen LogP contribution is -2.03. The van der Waals surface area contributed by atoms with Crippen LogP contribution in [-0.4, -0.2) is 34.2 Å². The van der Waals surface area contributed by atoms with Crippen LogP contribution in [0, 0.1) is 0 Å². The average molecular weight is 300 g/mol. The predicted octanol–water partition coefficient (Wildman–Crippen LogP) is 1.56. The molecule has 0 aliphatic rings. The molecule has 0 aliphatic carbocycles. The highest BCUT2D eigenvalue weighted by Gasteiger charge is 2.09. The number of benzene rings is 1. The molecule has 0 amide bonds. The minimum atomic E-state index is 0.310. The molecule has 4 N–H and O–H groups in total. The molecule has 0 aliphatic heterocycles. The summed E-state index contributed by atoms with van der Waals surface area (Å²) in [6.07, 6.45) is 1.44. The van der Waals surface area contributed by atoms with E-state index in [1.165, 1.54) is 6.33 Å². The van der Waals surface area contributed by atoms with Gasteiger partial charge in [0.2, 0.25) is 0 Å². The molecule has 2 heterocycles. The van der Waals surface area contributed by atoms with Crippen LogP contribution in [0.5, 0.6) is 11.5 Å². The number of nitrogens with zero attached hydrogens (tertiary/aromatic N) is 3. The third-order valence-electron chi connectivity index (χ3n) is 3.21. The van der Waals surface area contributed by atoms with Gasteiger partial charge in [-0.2, -0.15) is 4.98 Å². The average Bonchev–Trinajstić information content (AvgIpc) is 2.93. The largest absolute Gasteiger partial charge is 0.493 e. The van der Waals surface area contributed by atoms with Crippen molar-refractivity contribution in [3.63, 3.8) is 0 Å². The van der Waals surface area contributed by atoms with E-state index in [0.717, 1.165) is 5.56 Å². The number of fused-ring (bicyclic) bond motifs is 1. The van der Waals surface area contributed by atoms with Crippen LogP contribution in [0.1, 0.15) is 5.56 Å². The Kier molecular flexibility index (Phi) is 3.65. The van der Waals surface area contributed by atoms with E-state index in [-0.39, 0.29) is 0 Å². The molecule has 0 bridgehead atoms. The number of aromatic nitrogens is 4. The number of nitrogens with one attached hydrogen (secondary N) is 2. The number of H-pyrrole nitrogens is 1. The maximum Gasteiger partial charge on any atom is 0.200 e. The quantitative estimate of drug-likeness (QED) is 0.655. The fraction of sp³-hybridized carbons (Fsp3) is 0.214. The zero-order chi connectivity index (χ0) is 15.5. The van der Waals surface area contributed by atoms with Gasteiger partial charge in [-0.05, 0) is 17.7 Å². The lowest BCUT2D eigenvalue weighted by Gasteiger charge is -2.10. The summed E-state index contributed by atoms with van der Waals surface area (Å²) in [5.74, 6) is 2.33. The summed E-state index contributed by atoms with van der Waals surface area (Å²) in [6, 6.07) is 5.72. The molecule has 0 atom stereocenters. The summed E-state index contributed by atoms with van der Waals surface area (Å²) in [5.41, 5.74) is 7.88. The number of hydrogen-bond acceptors (Lipinski definition) is 7. The monoisotopic (exact) mass is 300 g/mol. The van der Waals surface area contributed by atoms with Crippen molar-refractivity contribution in [1.29, 1.82) is 0 Å². The van der Waals surface area contributed by atoms with Gasteiger partial charge in [0.1, 0.15) is 11.8 Å². The summed E-state index contributed by atoms with van der Waals surface area (Å²) < 4.78 is 10.5. The van der Waals surface area contributed by atoms with Gasteiger partial charge in [0.05, 0.1) is 14.2 Å². The second-order valence-corrected chi connectivity index (χ2v) is 4.59. The molecule has 22 heavy (non-hydrogen) atoms. The topological polar surface area (TPSA) is 111 Å². The zero-order valence-corrected chi connectivity index (χ0v) is 12.3. The highest BCUT2D eigenvalue weighted by Crippen LogP contribution is 2.28. The van der Waals surface area contributed by atoms with Crippen LogP contribution >= 0.6 is 0 Å². The molecule has 2 aromatic heterocycles. The third-order valence-corrected chi connectivity index (χ3v) is 3.21. The standard InChI is InChI=1S/C14H16N6O2/c1-21-9-4-3-8(5-10(9)22-2)6-16-12-11-13(18-7-17-12)20-14(15)19-11/h3-5,7H,6H2,1-2H3,(H4,15,16,17,18,19,20). The van der Waals surface area contributed by atoms with Gasteiger partial charge in [-0.15, -0.1) is 0 Å². The van der Waals surface area contributed by atoms with Crippen molar-refractivity contribution in [2.75, 3.05) is 25.3 Å². The van der Waals surface area contributed by atoms with Crippen LogP contribution in [0.3, 0.4) is 0 Å². The first-order valence-corrected chi connectivity index (χ1v) is 6.62.